The molecule has 2 aliphatic rings. The largest absolute Gasteiger partial charge is 0.493 e. The summed E-state index contributed by atoms with van der Waals surface area (Å²) in [6.45, 7) is 2.64. The van der Waals surface area contributed by atoms with Crippen LogP contribution in [0.1, 0.15) is 24.8 Å². The first kappa shape index (κ1) is 18.4. The second-order valence-electron chi connectivity index (χ2n) is 7.48. The quantitative estimate of drug-likeness (QED) is 0.728. The smallest absolute Gasteiger partial charge is 0.227 e. The fourth-order valence-electron chi connectivity index (χ4n) is 3.04. The number of aryl methyl sites for hydroxylation is 1. The number of allylic oxidation sites excluding steroid dienone is 2. The lowest BCUT2D eigenvalue weighted by Crippen LogP contribution is -2.25. The predicted octanol–water partition coefficient (Wildman–Crippen LogP) is 5.15. The third-order valence-electron chi connectivity index (χ3n) is 4.93. The first-order valence-electron chi connectivity index (χ1n) is 9.82. The van der Waals surface area contributed by atoms with E-state index in [1.165, 1.54) is 5.56 Å². The Hall–Kier alpha value is -3.01. The van der Waals surface area contributed by atoms with Crippen molar-refractivity contribution in [3.63, 3.8) is 0 Å². The van der Waals surface area contributed by atoms with Gasteiger partial charge in [-0.2, -0.15) is 0 Å². The normalized spacial score (nSPS) is 18.3. The van der Waals surface area contributed by atoms with E-state index in [2.05, 4.69) is 24.4 Å². The zero-order chi connectivity index (χ0) is 19.3. The second-order valence-corrected chi connectivity index (χ2v) is 7.48. The second kappa shape index (κ2) is 8.34. The molecule has 1 atom stereocenters. The number of hydrogen-bond donors (Lipinski definition) is 1. The zero-order valence-electron chi connectivity index (χ0n) is 16.1. The van der Waals surface area contributed by atoms with Crippen molar-refractivity contribution in [3.05, 3.63) is 78.0 Å². The minimum Gasteiger partial charge on any atom is -0.493 e. The third kappa shape index (κ3) is 5.03. The summed E-state index contributed by atoms with van der Waals surface area (Å²) in [5.41, 5.74) is 2.11. The SMILES string of the molecule is Cc1ccc(Oc2cccc(OCC3C=CC(NC(=O)C4CC4)=CC3)c2)cc1. The zero-order valence-corrected chi connectivity index (χ0v) is 16.1. The highest BCUT2D eigenvalue weighted by atomic mass is 16.5. The molecular weight excluding hydrogens is 350 g/mol. The van der Waals surface area contributed by atoms with E-state index in [4.69, 9.17) is 9.47 Å². The van der Waals surface area contributed by atoms with Crippen LogP contribution in [0, 0.1) is 18.8 Å². The van der Waals surface area contributed by atoms with E-state index < -0.39 is 0 Å². The molecule has 0 heterocycles. The minimum absolute atomic E-state index is 0.149. The molecule has 0 aliphatic heterocycles. The van der Waals surface area contributed by atoms with E-state index in [9.17, 15) is 4.79 Å². The summed E-state index contributed by atoms with van der Waals surface area (Å²) in [5.74, 6) is 3.02. The highest BCUT2D eigenvalue weighted by molar-refractivity contribution is 5.82. The summed E-state index contributed by atoms with van der Waals surface area (Å²) in [6, 6.07) is 15.7. The molecule has 4 heteroatoms. The number of hydrogen-bond acceptors (Lipinski definition) is 3. The van der Waals surface area contributed by atoms with Gasteiger partial charge in [-0.3, -0.25) is 4.79 Å². The van der Waals surface area contributed by atoms with Crippen molar-refractivity contribution in [2.45, 2.75) is 26.2 Å². The van der Waals surface area contributed by atoms with Crippen LogP contribution in [0.25, 0.3) is 0 Å². The predicted molar refractivity (Wildman–Crippen MR) is 109 cm³/mol. The molecule has 4 nitrogen and oxygen atoms in total. The molecule has 0 saturated heterocycles. The summed E-state index contributed by atoms with van der Waals surface area (Å²) in [4.78, 5) is 11.8. The van der Waals surface area contributed by atoms with E-state index in [1.807, 2.05) is 54.6 Å². The lowest BCUT2D eigenvalue weighted by molar-refractivity contribution is -0.121. The topological polar surface area (TPSA) is 47.6 Å². The lowest BCUT2D eigenvalue weighted by Gasteiger charge is -2.18. The molecule has 4 rings (SSSR count). The highest BCUT2D eigenvalue weighted by Crippen LogP contribution is 2.30. The Morgan fingerprint density at radius 3 is 2.57 bits per heavy atom. The Kier molecular flexibility index (Phi) is 5.47. The van der Waals surface area contributed by atoms with Gasteiger partial charge in [0.05, 0.1) is 6.61 Å². The van der Waals surface area contributed by atoms with E-state index in [-0.39, 0.29) is 11.8 Å². The maximum Gasteiger partial charge on any atom is 0.227 e. The molecule has 1 saturated carbocycles. The van der Waals surface area contributed by atoms with Crippen molar-refractivity contribution in [1.29, 1.82) is 0 Å². The van der Waals surface area contributed by atoms with Gasteiger partial charge >= 0.3 is 0 Å². The summed E-state index contributed by atoms with van der Waals surface area (Å²) in [6.07, 6.45) is 9.06. The van der Waals surface area contributed by atoms with E-state index in [0.717, 1.165) is 42.2 Å². The van der Waals surface area contributed by atoms with Gasteiger partial charge < -0.3 is 14.8 Å². The van der Waals surface area contributed by atoms with Gasteiger partial charge in [-0.05, 0) is 56.5 Å². The molecular formula is C24H25NO3. The fourth-order valence-corrected chi connectivity index (χ4v) is 3.04. The number of carbonyl (C=O) groups excluding carboxylic acids is 1. The average Bonchev–Trinajstić information content (AvgIpc) is 3.55. The van der Waals surface area contributed by atoms with Gasteiger partial charge in [0.1, 0.15) is 17.2 Å². The van der Waals surface area contributed by atoms with Gasteiger partial charge in [-0.25, -0.2) is 0 Å². The number of carbonyl (C=O) groups is 1. The maximum absolute atomic E-state index is 11.8. The Balaban J connectivity index is 1.27. The van der Waals surface area contributed by atoms with Gasteiger partial charge in [0, 0.05) is 23.6 Å². The van der Waals surface area contributed by atoms with Gasteiger partial charge in [0.2, 0.25) is 5.91 Å². The van der Waals surface area contributed by atoms with Crippen molar-refractivity contribution in [2.75, 3.05) is 6.61 Å². The standard InChI is InChI=1S/C24H25NO3/c1-17-5-13-21(14-6-17)28-23-4-2-3-22(15-23)27-16-18-7-11-20(12-8-18)25-24(26)19-9-10-19/h2-7,11-15,18-19H,8-10,16H2,1H3,(H,25,26). The molecule has 1 unspecified atom stereocenters. The van der Waals surface area contributed by atoms with E-state index in [1.54, 1.807) is 0 Å². The van der Waals surface area contributed by atoms with Crippen molar-refractivity contribution in [3.8, 4) is 17.2 Å². The summed E-state index contributed by atoms with van der Waals surface area (Å²) in [5, 5.41) is 2.99. The van der Waals surface area contributed by atoms with Crippen molar-refractivity contribution in [1.82, 2.24) is 5.32 Å². The van der Waals surface area contributed by atoms with Crippen LogP contribution in [0.2, 0.25) is 0 Å². The molecule has 0 aromatic heterocycles. The first-order valence-corrected chi connectivity index (χ1v) is 9.82. The summed E-state index contributed by atoms with van der Waals surface area (Å²) in [7, 11) is 0. The average molecular weight is 375 g/mol. The molecule has 28 heavy (non-hydrogen) atoms. The van der Waals surface area contributed by atoms with Crippen molar-refractivity contribution < 1.29 is 14.3 Å². The van der Waals surface area contributed by atoms with Gasteiger partial charge in [0.15, 0.2) is 0 Å². The Bertz CT molecular complexity index is 894. The Morgan fingerprint density at radius 2 is 1.86 bits per heavy atom. The van der Waals surface area contributed by atoms with Crippen LogP contribution in [0.3, 0.4) is 0 Å². The monoisotopic (exact) mass is 375 g/mol. The van der Waals surface area contributed by atoms with Gasteiger partial charge in [-0.1, -0.05) is 35.9 Å². The van der Waals surface area contributed by atoms with E-state index >= 15 is 0 Å². The molecule has 2 aromatic rings. The number of ether oxygens (including phenoxy) is 2. The third-order valence-corrected chi connectivity index (χ3v) is 4.93. The minimum atomic E-state index is 0.149. The molecule has 144 valence electrons. The van der Waals surface area contributed by atoms with Crippen LogP contribution in [0.4, 0.5) is 0 Å². The maximum atomic E-state index is 11.8. The molecule has 0 bridgehead atoms. The van der Waals surface area contributed by atoms with Crippen LogP contribution in [-0.4, -0.2) is 12.5 Å². The Morgan fingerprint density at radius 1 is 1.07 bits per heavy atom. The molecule has 1 N–H and O–H groups in total. The molecule has 1 amide bonds. The van der Waals surface area contributed by atoms with Crippen LogP contribution in [0.5, 0.6) is 17.2 Å². The lowest BCUT2D eigenvalue weighted by atomic mass is 10.0. The summed E-state index contributed by atoms with van der Waals surface area (Å²) >= 11 is 0. The van der Waals surface area contributed by atoms with Crippen LogP contribution < -0.4 is 14.8 Å². The van der Waals surface area contributed by atoms with Crippen molar-refractivity contribution in [2.24, 2.45) is 11.8 Å². The molecule has 0 radical (unpaired) electrons. The molecule has 2 aliphatic carbocycles. The van der Waals surface area contributed by atoms with E-state index in [0.29, 0.717) is 12.5 Å². The number of nitrogens with one attached hydrogen (secondary N) is 1. The fraction of sp³-hybridized carbons (Fsp3) is 0.292. The number of benzene rings is 2. The number of amides is 1. The van der Waals surface area contributed by atoms with Gasteiger partial charge in [0.25, 0.3) is 0 Å². The Labute approximate surface area is 165 Å². The van der Waals surface area contributed by atoms with Crippen LogP contribution in [0.15, 0.2) is 72.5 Å². The molecule has 1 fully saturated rings. The molecule has 2 aromatic carbocycles. The molecule has 0 spiro atoms. The first-order chi connectivity index (χ1) is 13.7. The number of rotatable bonds is 7. The highest BCUT2D eigenvalue weighted by Gasteiger charge is 2.29. The van der Waals surface area contributed by atoms with Crippen LogP contribution in [-0.2, 0) is 4.79 Å². The summed E-state index contributed by atoms with van der Waals surface area (Å²) < 4.78 is 11.9. The van der Waals surface area contributed by atoms with Crippen LogP contribution >= 0.6 is 0 Å². The van der Waals surface area contributed by atoms with Gasteiger partial charge in [-0.15, -0.1) is 0 Å². The van der Waals surface area contributed by atoms with Crippen molar-refractivity contribution >= 4 is 5.91 Å².